The molecule has 3 nitrogen and oxygen atoms in total. The molecule has 0 aromatic carbocycles. The van der Waals surface area contributed by atoms with Crippen LogP contribution < -0.4 is 5.32 Å². The highest BCUT2D eigenvalue weighted by atomic mass is 15.3. The average molecular weight is 267 g/mol. The smallest absolute Gasteiger partial charge is 0.0253 e. The Morgan fingerprint density at radius 3 is 2.58 bits per heavy atom. The second kappa shape index (κ2) is 7.05. The summed E-state index contributed by atoms with van der Waals surface area (Å²) in [7, 11) is 2.26. The standard InChI is InChI=1S/C16H33N3/c1-5-14-7-8-15(17-6-2)16(11-14)19-10-9-18(4)13(3)12-19/h13-17H,5-12H2,1-4H3. The minimum Gasteiger partial charge on any atom is -0.313 e. The third kappa shape index (κ3) is 3.71. The normalized spacial score (nSPS) is 38.5. The molecule has 4 atom stereocenters. The lowest BCUT2D eigenvalue weighted by Crippen LogP contribution is -2.60. The fraction of sp³-hybridized carbons (Fsp3) is 1.00. The summed E-state index contributed by atoms with van der Waals surface area (Å²) in [6, 6.07) is 2.20. The molecule has 1 heterocycles. The van der Waals surface area contributed by atoms with Gasteiger partial charge in [0, 0.05) is 37.8 Å². The number of likely N-dealkylation sites (N-methyl/N-ethyl adjacent to an activating group) is 2. The predicted molar refractivity (Wildman–Crippen MR) is 82.5 cm³/mol. The predicted octanol–water partition coefficient (Wildman–Crippen LogP) is 2.18. The van der Waals surface area contributed by atoms with Crippen molar-refractivity contribution in [3.8, 4) is 0 Å². The van der Waals surface area contributed by atoms with E-state index in [2.05, 4.69) is 42.9 Å². The first kappa shape index (κ1) is 15.3. The van der Waals surface area contributed by atoms with Gasteiger partial charge in [0.05, 0.1) is 0 Å². The molecule has 19 heavy (non-hydrogen) atoms. The fourth-order valence-corrected chi connectivity index (χ4v) is 3.88. The minimum absolute atomic E-state index is 0.707. The molecule has 0 aromatic rings. The Hall–Kier alpha value is -0.120. The van der Waals surface area contributed by atoms with Crippen LogP contribution in [0.15, 0.2) is 0 Å². The lowest BCUT2D eigenvalue weighted by molar-refractivity contribution is 0.0311. The fourth-order valence-electron chi connectivity index (χ4n) is 3.88. The maximum Gasteiger partial charge on any atom is 0.0253 e. The van der Waals surface area contributed by atoms with Gasteiger partial charge >= 0.3 is 0 Å². The number of nitrogens with zero attached hydrogens (tertiary/aromatic N) is 2. The van der Waals surface area contributed by atoms with Gasteiger partial charge in [0.25, 0.3) is 0 Å². The molecular formula is C16H33N3. The van der Waals surface area contributed by atoms with Crippen LogP contribution in [0.3, 0.4) is 0 Å². The topological polar surface area (TPSA) is 18.5 Å². The molecule has 1 saturated heterocycles. The van der Waals surface area contributed by atoms with Crippen LogP contribution in [0.1, 0.15) is 46.5 Å². The van der Waals surface area contributed by atoms with Gasteiger partial charge in [0.15, 0.2) is 0 Å². The Balaban J connectivity index is 2.00. The first-order valence-electron chi connectivity index (χ1n) is 8.33. The van der Waals surface area contributed by atoms with Gasteiger partial charge in [-0.3, -0.25) is 4.90 Å². The lowest BCUT2D eigenvalue weighted by atomic mass is 9.80. The largest absolute Gasteiger partial charge is 0.313 e. The zero-order valence-electron chi connectivity index (χ0n) is 13.4. The maximum atomic E-state index is 3.75. The van der Waals surface area contributed by atoms with Gasteiger partial charge in [0.2, 0.25) is 0 Å². The van der Waals surface area contributed by atoms with Crippen LogP contribution in [0, 0.1) is 5.92 Å². The van der Waals surface area contributed by atoms with Crippen molar-refractivity contribution >= 4 is 0 Å². The van der Waals surface area contributed by atoms with Gasteiger partial charge < -0.3 is 10.2 Å². The van der Waals surface area contributed by atoms with E-state index in [9.17, 15) is 0 Å². The summed E-state index contributed by atoms with van der Waals surface area (Å²) in [6.07, 6.45) is 5.56. The van der Waals surface area contributed by atoms with E-state index < -0.39 is 0 Å². The number of rotatable bonds is 4. The molecule has 1 aliphatic heterocycles. The molecule has 2 rings (SSSR count). The second-order valence-electron chi connectivity index (χ2n) is 6.64. The Morgan fingerprint density at radius 1 is 1.16 bits per heavy atom. The molecule has 2 aliphatic rings. The minimum atomic E-state index is 0.707. The highest BCUT2D eigenvalue weighted by Gasteiger charge is 2.35. The first-order chi connectivity index (χ1) is 9.15. The molecule has 2 fully saturated rings. The van der Waals surface area contributed by atoms with E-state index in [1.165, 1.54) is 45.3 Å². The Morgan fingerprint density at radius 2 is 1.95 bits per heavy atom. The Labute approximate surface area is 119 Å². The van der Waals surface area contributed by atoms with E-state index in [0.717, 1.165) is 24.5 Å². The molecule has 112 valence electrons. The van der Waals surface area contributed by atoms with E-state index in [1.807, 2.05) is 0 Å². The zero-order valence-corrected chi connectivity index (χ0v) is 13.4. The van der Waals surface area contributed by atoms with Crippen molar-refractivity contribution in [3.05, 3.63) is 0 Å². The summed E-state index contributed by atoms with van der Waals surface area (Å²) < 4.78 is 0. The zero-order chi connectivity index (χ0) is 13.8. The molecule has 0 radical (unpaired) electrons. The van der Waals surface area contributed by atoms with Crippen molar-refractivity contribution in [2.45, 2.75) is 64.6 Å². The molecule has 0 spiro atoms. The maximum absolute atomic E-state index is 3.75. The lowest BCUT2D eigenvalue weighted by Gasteiger charge is -2.47. The van der Waals surface area contributed by atoms with Crippen LogP contribution in [-0.4, -0.2) is 61.2 Å². The molecule has 1 N–H and O–H groups in total. The van der Waals surface area contributed by atoms with E-state index >= 15 is 0 Å². The van der Waals surface area contributed by atoms with Gasteiger partial charge in [-0.1, -0.05) is 20.3 Å². The molecule has 1 saturated carbocycles. The van der Waals surface area contributed by atoms with Crippen LogP contribution in [0.5, 0.6) is 0 Å². The molecule has 0 amide bonds. The van der Waals surface area contributed by atoms with Crippen LogP contribution in [0.2, 0.25) is 0 Å². The molecular weight excluding hydrogens is 234 g/mol. The third-order valence-electron chi connectivity index (χ3n) is 5.43. The van der Waals surface area contributed by atoms with Gasteiger partial charge in [-0.25, -0.2) is 0 Å². The molecule has 1 aliphatic carbocycles. The Bertz CT molecular complexity index is 269. The number of nitrogens with one attached hydrogen (secondary N) is 1. The van der Waals surface area contributed by atoms with Crippen molar-refractivity contribution in [2.75, 3.05) is 33.2 Å². The summed E-state index contributed by atoms with van der Waals surface area (Å²) in [5.74, 6) is 0.954. The molecule has 0 bridgehead atoms. The highest BCUT2D eigenvalue weighted by Crippen LogP contribution is 2.31. The first-order valence-corrected chi connectivity index (χ1v) is 8.33. The van der Waals surface area contributed by atoms with Crippen molar-refractivity contribution in [1.29, 1.82) is 0 Å². The molecule has 3 heteroatoms. The summed E-state index contributed by atoms with van der Waals surface area (Å²) in [5, 5.41) is 3.75. The van der Waals surface area contributed by atoms with Crippen molar-refractivity contribution in [2.24, 2.45) is 5.92 Å². The van der Waals surface area contributed by atoms with E-state index in [0.29, 0.717) is 6.04 Å². The Kier molecular flexibility index (Phi) is 5.67. The van der Waals surface area contributed by atoms with Crippen LogP contribution >= 0.6 is 0 Å². The van der Waals surface area contributed by atoms with E-state index in [1.54, 1.807) is 0 Å². The van der Waals surface area contributed by atoms with Gasteiger partial charge in [-0.15, -0.1) is 0 Å². The highest BCUT2D eigenvalue weighted by molar-refractivity contribution is 4.93. The SMILES string of the molecule is CCNC1CCC(CC)CC1N1CCN(C)C(C)C1. The van der Waals surface area contributed by atoms with Crippen LogP contribution in [0.25, 0.3) is 0 Å². The molecule has 0 aromatic heterocycles. The number of hydrogen-bond acceptors (Lipinski definition) is 3. The van der Waals surface area contributed by atoms with E-state index in [-0.39, 0.29) is 0 Å². The number of hydrogen-bond donors (Lipinski definition) is 1. The summed E-state index contributed by atoms with van der Waals surface area (Å²) in [5.41, 5.74) is 0. The van der Waals surface area contributed by atoms with Crippen molar-refractivity contribution in [1.82, 2.24) is 15.1 Å². The van der Waals surface area contributed by atoms with Crippen LogP contribution in [-0.2, 0) is 0 Å². The number of piperazine rings is 1. The quantitative estimate of drug-likeness (QED) is 0.842. The third-order valence-corrected chi connectivity index (χ3v) is 5.43. The summed E-state index contributed by atoms with van der Waals surface area (Å²) >= 11 is 0. The second-order valence-corrected chi connectivity index (χ2v) is 6.64. The monoisotopic (exact) mass is 267 g/mol. The van der Waals surface area contributed by atoms with Crippen molar-refractivity contribution in [3.63, 3.8) is 0 Å². The van der Waals surface area contributed by atoms with Crippen LogP contribution in [0.4, 0.5) is 0 Å². The van der Waals surface area contributed by atoms with Gasteiger partial charge in [-0.05, 0) is 45.7 Å². The van der Waals surface area contributed by atoms with Gasteiger partial charge in [-0.2, -0.15) is 0 Å². The summed E-state index contributed by atoms with van der Waals surface area (Å²) in [4.78, 5) is 5.28. The average Bonchev–Trinajstić information content (AvgIpc) is 2.43. The summed E-state index contributed by atoms with van der Waals surface area (Å²) in [6.45, 7) is 11.8. The van der Waals surface area contributed by atoms with E-state index in [4.69, 9.17) is 0 Å². The van der Waals surface area contributed by atoms with Crippen molar-refractivity contribution < 1.29 is 0 Å². The molecule has 4 unspecified atom stereocenters. The van der Waals surface area contributed by atoms with Gasteiger partial charge in [0.1, 0.15) is 0 Å².